The molecule has 0 aliphatic carbocycles. The maximum Gasteiger partial charge on any atom is 0.369 e. The molecule has 2 aromatic rings. The molecule has 2 heterocycles. The van der Waals surface area contributed by atoms with Gasteiger partial charge >= 0.3 is 5.97 Å². The van der Waals surface area contributed by atoms with Gasteiger partial charge in [0.1, 0.15) is 5.82 Å². The van der Waals surface area contributed by atoms with Crippen LogP contribution in [0.5, 0.6) is 0 Å². The van der Waals surface area contributed by atoms with Crippen molar-refractivity contribution in [2.45, 2.75) is 26.4 Å². The Morgan fingerprint density at radius 1 is 1.24 bits per heavy atom. The van der Waals surface area contributed by atoms with Crippen LogP contribution in [0.2, 0.25) is 5.28 Å². The Morgan fingerprint density at radius 3 is 2.64 bits per heavy atom. The molecule has 0 atom stereocenters. The van der Waals surface area contributed by atoms with Crippen LogP contribution in [0.1, 0.15) is 31.1 Å². The smallest absolute Gasteiger partial charge is 0.309 e. The number of aromatic nitrogens is 4. The highest BCUT2D eigenvalue weighted by atomic mass is 35.5. The van der Waals surface area contributed by atoms with Crippen LogP contribution >= 0.6 is 11.6 Å². The summed E-state index contributed by atoms with van der Waals surface area (Å²) in [6, 6.07) is 2.67. The van der Waals surface area contributed by atoms with E-state index in [1.807, 2.05) is 20.8 Å². The molecular formula is C13H14ClN7O4. The Balaban J connectivity index is 2.17. The number of carbonyl (C=O) groups excluding carboxylic acids is 1. The van der Waals surface area contributed by atoms with Crippen molar-refractivity contribution in [2.24, 2.45) is 5.34 Å². The third kappa shape index (κ3) is 5.90. The van der Waals surface area contributed by atoms with Crippen LogP contribution in [0.4, 0.5) is 17.7 Å². The van der Waals surface area contributed by atoms with Crippen molar-refractivity contribution in [1.82, 2.24) is 19.9 Å². The third-order valence-corrected chi connectivity index (χ3v) is 2.58. The Hall–Kier alpha value is -2.92. The molecule has 25 heavy (non-hydrogen) atoms. The maximum absolute atomic E-state index is 11.5. The van der Waals surface area contributed by atoms with Gasteiger partial charge in [0.05, 0.1) is 11.2 Å². The van der Waals surface area contributed by atoms with Crippen LogP contribution in [-0.2, 0) is 9.68 Å². The Morgan fingerprint density at radius 2 is 1.96 bits per heavy atom. The summed E-state index contributed by atoms with van der Waals surface area (Å²) in [6.45, 7) is 5.51. The van der Waals surface area contributed by atoms with E-state index in [0.29, 0.717) is 0 Å². The van der Waals surface area contributed by atoms with Gasteiger partial charge in [0, 0.05) is 6.20 Å². The predicted octanol–water partition coefficient (Wildman–Crippen LogP) is 2.64. The largest absolute Gasteiger partial charge is 0.369 e. The van der Waals surface area contributed by atoms with Crippen LogP contribution < -0.4 is 10.8 Å². The van der Waals surface area contributed by atoms with Crippen LogP contribution in [-0.4, -0.2) is 31.5 Å². The third-order valence-electron chi connectivity index (χ3n) is 2.41. The first-order valence-electron chi connectivity index (χ1n) is 6.89. The number of halogens is 1. The molecule has 0 amide bonds. The molecular weight excluding hydrogens is 354 g/mol. The molecule has 132 valence electrons. The SMILES string of the molecule is CC(C)(C)ONc1nc(Cl)nc(Nc2cc(C(=O)ON=O)ccn2)n1. The van der Waals surface area contributed by atoms with Gasteiger partial charge in [0.25, 0.3) is 5.95 Å². The van der Waals surface area contributed by atoms with Crippen molar-refractivity contribution in [2.75, 3.05) is 10.8 Å². The standard InChI is InChI=1S/C13H14ClN7O4/c1-13(2,3)25-20-12-18-10(14)17-11(19-12)16-8-6-7(4-5-15-8)9(22)24-21-23/h4-6H,1-3H3,(H2,15,16,17,18,19,20). The molecule has 2 aromatic heterocycles. The van der Waals surface area contributed by atoms with Crippen LogP contribution in [0.3, 0.4) is 0 Å². The average molecular weight is 368 g/mol. The van der Waals surface area contributed by atoms with Gasteiger partial charge in [0.2, 0.25) is 11.2 Å². The lowest BCUT2D eigenvalue weighted by molar-refractivity contribution is 0.0358. The number of hydrogen-bond donors (Lipinski definition) is 2. The van der Waals surface area contributed by atoms with Crippen molar-refractivity contribution >= 4 is 35.3 Å². The Labute approximate surface area is 147 Å². The molecule has 0 aromatic carbocycles. The fraction of sp³-hybridized carbons (Fsp3) is 0.308. The van der Waals surface area contributed by atoms with E-state index in [4.69, 9.17) is 16.4 Å². The Bertz CT molecular complexity index is 781. The number of hydrogen-bond acceptors (Lipinski definition) is 11. The first-order chi connectivity index (χ1) is 11.8. The number of nitrogens with one attached hydrogen (secondary N) is 2. The molecule has 0 saturated heterocycles. The molecule has 0 radical (unpaired) electrons. The number of rotatable bonds is 6. The summed E-state index contributed by atoms with van der Waals surface area (Å²) in [6.07, 6.45) is 1.33. The second-order valence-electron chi connectivity index (χ2n) is 5.58. The van der Waals surface area contributed by atoms with Gasteiger partial charge in [-0.2, -0.15) is 15.0 Å². The molecule has 0 aliphatic rings. The van der Waals surface area contributed by atoms with E-state index in [1.54, 1.807) is 0 Å². The topological polar surface area (TPSA) is 141 Å². The molecule has 0 spiro atoms. The quantitative estimate of drug-likeness (QED) is 0.577. The van der Waals surface area contributed by atoms with Gasteiger partial charge in [-0.25, -0.2) is 15.3 Å². The first kappa shape index (κ1) is 18.4. The molecule has 0 bridgehead atoms. The highest BCUT2D eigenvalue weighted by Crippen LogP contribution is 2.17. The zero-order valence-corrected chi connectivity index (χ0v) is 14.2. The van der Waals surface area contributed by atoms with Gasteiger partial charge in [-0.3, -0.25) is 9.68 Å². The molecule has 11 nitrogen and oxygen atoms in total. The second-order valence-corrected chi connectivity index (χ2v) is 5.91. The van der Waals surface area contributed by atoms with Crippen molar-refractivity contribution in [1.29, 1.82) is 0 Å². The summed E-state index contributed by atoms with van der Waals surface area (Å²) in [5, 5.41) is 4.74. The highest BCUT2D eigenvalue weighted by Gasteiger charge is 2.14. The van der Waals surface area contributed by atoms with E-state index in [2.05, 4.69) is 40.9 Å². The van der Waals surface area contributed by atoms with E-state index in [9.17, 15) is 9.70 Å². The summed E-state index contributed by atoms with van der Waals surface area (Å²) < 4.78 is 0. The summed E-state index contributed by atoms with van der Waals surface area (Å²) in [4.78, 5) is 46.7. The summed E-state index contributed by atoms with van der Waals surface area (Å²) in [5.41, 5.74) is 2.15. The molecule has 0 saturated carbocycles. The van der Waals surface area contributed by atoms with Crippen molar-refractivity contribution in [3.05, 3.63) is 34.1 Å². The molecule has 0 fully saturated rings. The predicted molar refractivity (Wildman–Crippen MR) is 88.0 cm³/mol. The number of pyridine rings is 1. The maximum atomic E-state index is 11.5. The molecule has 2 N–H and O–H groups in total. The lowest BCUT2D eigenvalue weighted by Gasteiger charge is -2.19. The van der Waals surface area contributed by atoms with Gasteiger partial charge in [-0.1, -0.05) is 0 Å². The molecule has 12 heteroatoms. The summed E-state index contributed by atoms with van der Waals surface area (Å²) in [5.74, 6) is -0.565. The molecule has 2 rings (SSSR count). The fourth-order valence-electron chi connectivity index (χ4n) is 1.48. The Kier molecular flexibility index (Phi) is 5.72. The number of nitrogens with zero attached hydrogens (tertiary/aromatic N) is 5. The van der Waals surface area contributed by atoms with E-state index in [-0.39, 0.29) is 28.6 Å². The van der Waals surface area contributed by atoms with Crippen molar-refractivity contribution in [3.63, 3.8) is 0 Å². The normalized spacial score (nSPS) is 10.9. The minimum atomic E-state index is -0.921. The zero-order valence-electron chi connectivity index (χ0n) is 13.5. The highest BCUT2D eigenvalue weighted by molar-refractivity contribution is 6.28. The van der Waals surface area contributed by atoms with Gasteiger partial charge < -0.3 is 5.32 Å². The van der Waals surface area contributed by atoms with Gasteiger partial charge in [-0.05, 0) is 44.5 Å². The lowest BCUT2D eigenvalue weighted by atomic mass is 10.2. The summed E-state index contributed by atoms with van der Waals surface area (Å²) >= 11 is 5.85. The lowest BCUT2D eigenvalue weighted by Crippen LogP contribution is -2.24. The van der Waals surface area contributed by atoms with Crippen LogP contribution in [0.25, 0.3) is 0 Å². The minimum Gasteiger partial charge on any atom is -0.309 e. The van der Waals surface area contributed by atoms with E-state index < -0.39 is 11.6 Å². The van der Waals surface area contributed by atoms with E-state index >= 15 is 0 Å². The van der Waals surface area contributed by atoms with Gasteiger partial charge in [-0.15, -0.1) is 4.91 Å². The minimum absolute atomic E-state index is 0.0616. The number of anilines is 3. The van der Waals surface area contributed by atoms with E-state index in [1.165, 1.54) is 18.3 Å². The number of carbonyl (C=O) groups is 1. The van der Waals surface area contributed by atoms with Crippen molar-refractivity contribution in [3.8, 4) is 0 Å². The van der Waals surface area contributed by atoms with E-state index in [0.717, 1.165) is 0 Å². The van der Waals surface area contributed by atoms with Gasteiger partial charge in [0.15, 0.2) is 5.34 Å². The molecule has 0 aliphatic heterocycles. The average Bonchev–Trinajstić information content (AvgIpc) is 2.52. The monoisotopic (exact) mass is 367 g/mol. The first-order valence-corrected chi connectivity index (χ1v) is 7.27. The second kappa shape index (κ2) is 7.77. The summed E-state index contributed by atoms with van der Waals surface area (Å²) in [7, 11) is 0. The zero-order chi connectivity index (χ0) is 18.4. The van der Waals surface area contributed by atoms with Crippen LogP contribution in [0, 0.1) is 4.91 Å². The van der Waals surface area contributed by atoms with Crippen LogP contribution in [0.15, 0.2) is 23.7 Å². The fourth-order valence-corrected chi connectivity index (χ4v) is 1.64. The molecule has 0 unspecified atom stereocenters. The van der Waals surface area contributed by atoms with Crippen molar-refractivity contribution < 1.29 is 14.5 Å².